The van der Waals surface area contributed by atoms with E-state index in [1.165, 1.54) is 4.90 Å². The minimum atomic E-state index is 0.0569. The molecule has 1 amide bonds. The van der Waals surface area contributed by atoms with Crippen molar-refractivity contribution in [3.63, 3.8) is 0 Å². The number of furan rings is 1. The first-order valence-corrected chi connectivity index (χ1v) is 13.2. The summed E-state index contributed by atoms with van der Waals surface area (Å²) in [5.41, 5.74) is 0.951. The van der Waals surface area contributed by atoms with E-state index in [-0.39, 0.29) is 5.91 Å². The number of para-hydroxylation sites is 1. The number of hydrogen-bond acceptors (Lipinski definition) is 7. The average Bonchev–Trinajstić information content (AvgIpc) is 3.50. The molecule has 4 aromatic rings. The number of amides is 1. The summed E-state index contributed by atoms with van der Waals surface area (Å²) in [5, 5.41) is 0.714. The number of nitrogens with zero attached hydrogens (tertiary/aromatic N) is 2. The SMILES string of the molecule is COc1ccc(SCCCC(=O)N(Cc2ccco2)c2nc3c(SC)cccc3s2)cc1. The molecule has 0 aliphatic heterocycles. The van der Waals surface area contributed by atoms with Crippen molar-refractivity contribution >= 4 is 56.1 Å². The maximum Gasteiger partial charge on any atom is 0.229 e. The topological polar surface area (TPSA) is 55.6 Å². The minimum Gasteiger partial charge on any atom is -0.497 e. The van der Waals surface area contributed by atoms with Crippen LogP contribution < -0.4 is 9.64 Å². The lowest BCUT2D eigenvalue weighted by Crippen LogP contribution is -2.30. The van der Waals surface area contributed by atoms with Crippen molar-refractivity contribution in [1.82, 2.24) is 4.98 Å². The van der Waals surface area contributed by atoms with E-state index >= 15 is 0 Å². The molecular formula is C24H24N2O3S3. The lowest BCUT2D eigenvalue weighted by atomic mass is 10.3. The van der Waals surface area contributed by atoms with Crippen molar-refractivity contribution in [2.75, 3.05) is 24.0 Å². The lowest BCUT2D eigenvalue weighted by Gasteiger charge is -2.18. The van der Waals surface area contributed by atoms with Gasteiger partial charge in [0.1, 0.15) is 11.5 Å². The van der Waals surface area contributed by atoms with Gasteiger partial charge in [0.2, 0.25) is 5.91 Å². The number of rotatable bonds is 10. The highest BCUT2D eigenvalue weighted by Crippen LogP contribution is 2.35. The molecule has 32 heavy (non-hydrogen) atoms. The third kappa shape index (κ3) is 5.49. The molecule has 0 aliphatic carbocycles. The standard InChI is InChI=1S/C24H24N2O3S3/c1-28-17-10-12-19(13-11-17)31-15-5-9-22(27)26(16-18-6-4-14-29-18)24-25-23-20(30-2)7-3-8-21(23)32-24/h3-4,6-8,10-14H,5,9,15-16H2,1-2H3. The van der Waals surface area contributed by atoms with Gasteiger partial charge in [0, 0.05) is 16.2 Å². The number of benzene rings is 2. The Balaban J connectivity index is 1.44. The van der Waals surface area contributed by atoms with E-state index < -0.39 is 0 Å². The predicted octanol–water partition coefficient (Wildman–Crippen LogP) is 6.73. The van der Waals surface area contributed by atoms with Crippen LogP contribution in [0.2, 0.25) is 0 Å². The first-order chi connectivity index (χ1) is 15.7. The Hall–Kier alpha value is -2.42. The quantitative estimate of drug-likeness (QED) is 0.184. The summed E-state index contributed by atoms with van der Waals surface area (Å²) in [6, 6.07) is 17.9. The molecule has 0 aliphatic rings. The maximum atomic E-state index is 13.2. The molecule has 0 fully saturated rings. The molecule has 0 unspecified atom stereocenters. The van der Waals surface area contributed by atoms with E-state index in [0.717, 1.165) is 38.8 Å². The summed E-state index contributed by atoms with van der Waals surface area (Å²) >= 11 is 4.95. The molecule has 0 N–H and O–H groups in total. The van der Waals surface area contributed by atoms with Gasteiger partial charge in [-0.2, -0.15) is 0 Å². The zero-order valence-electron chi connectivity index (χ0n) is 17.9. The first kappa shape index (κ1) is 22.8. The number of fused-ring (bicyclic) bond motifs is 1. The number of thioether (sulfide) groups is 2. The summed E-state index contributed by atoms with van der Waals surface area (Å²) in [5.74, 6) is 2.51. The Kier molecular flexibility index (Phi) is 7.78. The predicted molar refractivity (Wildman–Crippen MR) is 134 cm³/mol. The average molecular weight is 485 g/mol. The van der Waals surface area contributed by atoms with E-state index in [4.69, 9.17) is 14.1 Å². The van der Waals surface area contributed by atoms with Crippen LogP contribution in [0.1, 0.15) is 18.6 Å². The fourth-order valence-corrected chi connectivity index (χ4v) is 5.72. The Labute approximate surface area is 200 Å². The molecule has 5 nitrogen and oxygen atoms in total. The van der Waals surface area contributed by atoms with Crippen LogP contribution >= 0.6 is 34.9 Å². The Morgan fingerprint density at radius 3 is 2.72 bits per heavy atom. The van der Waals surface area contributed by atoms with E-state index in [0.29, 0.717) is 18.1 Å². The second-order valence-electron chi connectivity index (χ2n) is 6.99. The molecule has 8 heteroatoms. The van der Waals surface area contributed by atoms with Crippen LogP contribution in [0.15, 0.2) is 75.1 Å². The van der Waals surface area contributed by atoms with Crippen LogP contribution in [-0.4, -0.2) is 30.0 Å². The first-order valence-electron chi connectivity index (χ1n) is 10.2. The highest BCUT2D eigenvalue weighted by atomic mass is 32.2. The van der Waals surface area contributed by atoms with Crippen molar-refractivity contribution in [2.24, 2.45) is 0 Å². The molecule has 2 aromatic heterocycles. The van der Waals surface area contributed by atoms with Crippen LogP contribution in [0, 0.1) is 0 Å². The Bertz CT molecular complexity index is 1160. The van der Waals surface area contributed by atoms with Gasteiger partial charge in [-0.15, -0.1) is 23.5 Å². The van der Waals surface area contributed by atoms with Gasteiger partial charge in [0.25, 0.3) is 0 Å². The number of carbonyl (C=O) groups excluding carboxylic acids is 1. The number of anilines is 1. The molecule has 0 bridgehead atoms. The molecule has 0 atom stereocenters. The van der Waals surface area contributed by atoms with E-state index in [2.05, 4.69) is 12.1 Å². The zero-order valence-corrected chi connectivity index (χ0v) is 20.4. The van der Waals surface area contributed by atoms with Gasteiger partial charge < -0.3 is 9.15 Å². The minimum absolute atomic E-state index is 0.0569. The Morgan fingerprint density at radius 2 is 2.00 bits per heavy atom. The smallest absolute Gasteiger partial charge is 0.229 e. The van der Waals surface area contributed by atoms with Gasteiger partial charge >= 0.3 is 0 Å². The van der Waals surface area contributed by atoms with Gasteiger partial charge in [-0.05, 0) is 67.0 Å². The highest BCUT2D eigenvalue weighted by molar-refractivity contribution is 7.99. The van der Waals surface area contributed by atoms with Crippen molar-refractivity contribution in [3.05, 3.63) is 66.6 Å². The molecule has 0 saturated heterocycles. The van der Waals surface area contributed by atoms with Crippen LogP contribution in [0.5, 0.6) is 5.75 Å². The third-order valence-electron chi connectivity index (χ3n) is 4.88. The second-order valence-corrected chi connectivity index (χ2v) is 10.0. The van der Waals surface area contributed by atoms with Gasteiger partial charge in [0.05, 0.1) is 30.1 Å². The van der Waals surface area contributed by atoms with Crippen molar-refractivity contribution < 1.29 is 13.9 Å². The summed E-state index contributed by atoms with van der Waals surface area (Å²) in [4.78, 5) is 22.1. The Morgan fingerprint density at radius 1 is 1.16 bits per heavy atom. The molecule has 2 heterocycles. The van der Waals surface area contributed by atoms with Crippen LogP contribution in [-0.2, 0) is 11.3 Å². The number of thiazole rings is 1. The van der Waals surface area contributed by atoms with E-state index in [1.807, 2.05) is 48.7 Å². The van der Waals surface area contributed by atoms with Crippen LogP contribution in [0.25, 0.3) is 10.2 Å². The molecular weight excluding hydrogens is 460 g/mol. The molecule has 0 spiro atoms. The number of hydrogen-bond donors (Lipinski definition) is 0. The lowest BCUT2D eigenvalue weighted by molar-refractivity contribution is -0.118. The number of aromatic nitrogens is 1. The van der Waals surface area contributed by atoms with E-state index in [1.54, 1.807) is 53.1 Å². The number of carbonyl (C=O) groups is 1. The van der Waals surface area contributed by atoms with Crippen LogP contribution in [0.3, 0.4) is 0 Å². The molecule has 0 saturated carbocycles. The molecule has 4 rings (SSSR count). The normalized spacial score (nSPS) is 11.1. The van der Waals surface area contributed by atoms with Gasteiger partial charge in [-0.1, -0.05) is 17.4 Å². The monoisotopic (exact) mass is 484 g/mol. The third-order valence-corrected chi connectivity index (χ3v) is 7.79. The largest absolute Gasteiger partial charge is 0.497 e. The van der Waals surface area contributed by atoms with Crippen molar-refractivity contribution in [1.29, 1.82) is 0 Å². The van der Waals surface area contributed by atoms with Crippen LogP contribution in [0.4, 0.5) is 5.13 Å². The maximum absolute atomic E-state index is 13.2. The summed E-state index contributed by atoms with van der Waals surface area (Å²) in [7, 11) is 1.66. The van der Waals surface area contributed by atoms with Crippen molar-refractivity contribution in [2.45, 2.75) is 29.2 Å². The van der Waals surface area contributed by atoms with Gasteiger partial charge in [-0.3, -0.25) is 9.69 Å². The fourth-order valence-electron chi connectivity index (χ4n) is 3.23. The molecule has 166 valence electrons. The number of ether oxygens (including phenoxy) is 1. The summed E-state index contributed by atoms with van der Waals surface area (Å²) in [6.45, 7) is 0.381. The summed E-state index contributed by atoms with van der Waals surface area (Å²) in [6.07, 6.45) is 4.91. The number of methoxy groups -OCH3 is 1. The van der Waals surface area contributed by atoms with Gasteiger partial charge in [0.15, 0.2) is 5.13 Å². The van der Waals surface area contributed by atoms with Crippen molar-refractivity contribution in [3.8, 4) is 5.75 Å². The summed E-state index contributed by atoms with van der Waals surface area (Å²) < 4.78 is 11.8. The fraction of sp³-hybridized carbons (Fsp3) is 0.250. The molecule has 0 radical (unpaired) electrons. The zero-order chi connectivity index (χ0) is 22.3. The second kappa shape index (κ2) is 10.9. The van der Waals surface area contributed by atoms with E-state index in [9.17, 15) is 4.79 Å². The molecule has 2 aromatic carbocycles. The van der Waals surface area contributed by atoms with Gasteiger partial charge in [-0.25, -0.2) is 4.98 Å². The highest BCUT2D eigenvalue weighted by Gasteiger charge is 2.21.